The van der Waals surface area contributed by atoms with Gasteiger partial charge in [-0.3, -0.25) is 9.69 Å². The van der Waals surface area contributed by atoms with Crippen molar-refractivity contribution in [2.75, 3.05) is 16.8 Å². The number of amides is 1. The number of hydrogen-bond donors (Lipinski definition) is 1. The Kier molecular flexibility index (Phi) is 5.06. The normalized spacial score (nSPS) is 18.5. The van der Waals surface area contributed by atoms with Crippen LogP contribution in [0.4, 0.5) is 11.4 Å². The van der Waals surface area contributed by atoms with Crippen molar-refractivity contribution in [2.45, 2.75) is 52.6 Å². The molecular formula is C17H24N2O3. The molecule has 1 aliphatic heterocycles. The first-order valence-electron chi connectivity index (χ1n) is 7.90. The SMILES string of the molecule is CCOC(=O)C(CC)N1C(=O)C(CC)Nc2cc(C)ccc21. The largest absolute Gasteiger partial charge is 0.464 e. The minimum absolute atomic E-state index is 0.0706. The molecule has 0 spiro atoms. The molecule has 0 radical (unpaired) electrons. The monoisotopic (exact) mass is 304 g/mol. The first-order chi connectivity index (χ1) is 10.5. The van der Waals surface area contributed by atoms with Crippen LogP contribution >= 0.6 is 0 Å². The van der Waals surface area contributed by atoms with Crippen molar-refractivity contribution in [1.82, 2.24) is 0 Å². The van der Waals surface area contributed by atoms with Gasteiger partial charge in [0.05, 0.1) is 18.0 Å². The fourth-order valence-electron chi connectivity index (χ4n) is 2.80. The van der Waals surface area contributed by atoms with Crippen LogP contribution in [0.15, 0.2) is 18.2 Å². The average molecular weight is 304 g/mol. The summed E-state index contributed by atoms with van der Waals surface area (Å²) in [6.07, 6.45) is 1.19. The van der Waals surface area contributed by atoms with Gasteiger partial charge in [-0.25, -0.2) is 4.79 Å². The summed E-state index contributed by atoms with van der Waals surface area (Å²) in [5.74, 6) is -0.416. The van der Waals surface area contributed by atoms with Crippen molar-refractivity contribution in [3.63, 3.8) is 0 Å². The van der Waals surface area contributed by atoms with Gasteiger partial charge in [-0.05, 0) is 44.4 Å². The van der Waals surface area contributed by atoms with Crippen molar-refractivity contribution in [2.24, 2.45) is 0 Å². The smallest absolute Gasteiger partial charge is 0.329 e. The fourth-order valence-corrected chi connectivity index (χ4v) is 2.80. The van der Waals surface area contributed by atoms with E-state index in [2.05, 4.69) is 5.32 Å². The molecule has 2 unspecified atom stereocenters. The van der Waals surface area contributed by atoms with Crippen LogP contribution < -0.4 is 10.2 Å². The lowest BCUT2D eigenvalue weighted by molar-refractivity contribution is -0.146. The van der Waals surface area contributed by atoms with E-state index >= 15 is 0 Å². The van der Waals surface area contributed by atoms with Crippen molar-refractivity contribution < 1.29 is 14.3 Å². The number of hydrogen-bond acceptors (Lipinski definition) is 4. The lowest BCUT2D eigenvalue weighted by atomic mass is 10.0. The Morgan fingerprint density at radius 1 is 1.36 bits per heavy atom. The van der Waals surface area contributed by atoms with E-state index in [9.17, 15) is 9.59 Å². The van der Waals surface area contributed by atoms with Gasteiger partial charge in [-0.15, -0.1) is 0 Å². The molecule has 1 aromatic carbocycles. The molecule has 22 heavy (non-hydrogen) atoms. The molecular weight excluding hydrogens is 280 g/mol. The second kappa shape index (κ2) is 6.81. The predicted molar refractivity (Wildman–Crippen MR) is 87.1 cm³/mol. The summed E-state index contributed by atoms with van der Waals surface area (Å²) < 4.78 is 5.15. The van der Waals surface area contributed by atoms with Gasteiger partial charge in [0.1, 0.15) is 12.1 Å². The standard InChI is InChI=1S/C17H24N2O3/c1-5-12-16(20)19(14(6-2)17(21)22-7-3)15-9-8-11(4)10-13(15)18-12/h8-10,12,14,18H,5-7H2,1-4H3. The molecule has 1 heterocycles. The third kappa shape index (κ3) is 2.93. The average Bonchev–Trinajstić information content (AvgIpc) is 2.50. The molecule has 120 valence electrons. The van der Waals surface area contributed by atoms with Crippen molar-refractivity contribution in [1.29, 1.82) is 0 Å². The van der Waals surface area contributed by atoms with E-state index in [1.54, 1.807) is 11.8 Å². The number of carbonyl (C=O) groups excluding carboxylic acids is 2. The summed E-state index contributed by atoms with van der Waals surface area (Å²) in [5, 5.41) is 3.27. The number of anilines is 2. The zero-order chi connectivity index (χ0) is 16.3. The molecule has 1 amide bonds. The van der Waals surface area contributed by atoms with Crippen LogP contribution in [-0.2, 0) is 14.3 Å². The van der Waals surface area contributed by atoms with E-state index in [-0.39, 0.29) is 17.9 Å². The maximum Gasteiger partial charge on any atom is 0.329 e. The number of carbonyl (C=O) groups is 2. The highest BCUT2D eigenvalue weighted by molar-refractivity contribution is 6.08. The van der Waals surface area contributed by atoms with Gasteiger partial charge in [0, 0.05) is 0 Å². The maximum atomic E-state index is 12.8. The molecule has 2 atom stereocenters. The Morgan fingerprint density at radius 2 is 2.09 bits per heavy atom. The molecule has 5 heteroatoms. The highest BCUT2D eigenvalue weighted by atomic mass is 16.5. The van der Waals surface area contributed by atoms with Crippen LogP contribution in [0.1, 0.15) is 39.2 Å². The highest BCUT2D eigenvalue weighted by Crippen LogP contribution is 2.35. The fraction of sp³-hybridized carbons (Fsp3) is 0.529. The van der Waals surface area contributed by atoms with Crippen LogP contribution in [0.25, 0.3) is 0 Å². The molecule has 0 fully saturated rings. The number of aryl methyl sites for hydroxylation is 1. The lowest BCUT2D eigenvalue weighted by Gasteiger charge is -2.38. The van der Waals surface area contributed by atoms with Crippen LogP contribution in [0, 0.1) is 6.92 Å². The molecule has 0 aliphatic carbocycles. The first kappa shape index (κ1) is 16.3. The predicted octanol–water partition coefficient (Wildman–Crippen LogP) is 2.87. The van der Waals surface area contributed by atoms with Gasteiger partial charge in [0.2, 0.25) is 5.91 Å². The second-order valence-electron chi connectivity index (χ2n) is 5.51. The van der Waals surface area contributed by atoms with E-state index in [0.29, 0.717) is 19.4 Å². The maximum absolute atomic E-state index is 12.8. The van der Waals surface area contributed by atoms with Crippen LogP contribution in [0.3, 0.4) is 0 Å². The summed E-state index contributed by atoms with van der Waals surface area (Å²) in [6, 6.07) is 4.96. The minimum atomic E-state index is -0.579. The number of ether oxygens (including phenoxy) is 1. The van der Waals surface area contributed by atoms with E-state index < -0.39 is 6.04 Å². The molecule has 0 bridgehead atoms. The lowest BCUT2D eigenvalue weighted by Crippen LogP contribution is -2.54. The highest BCUT2D eigenvalue weighted by Gasteiger charge is 2.38. The molecule has 1 aromatic rings. The van der Waals surface area contributed by atoms with Gasteiger partial charge in [0.15, 0.2) is 0 Å². The molecule has 0 aromatic heterocycles. The molecule has 1 aliphatic rings. The Labute approximate surface area is 131 Å². The number of nitrogens with one attached hydrogen (secondary N) is 1. The van der Waals surface area contributed by atoms with Gasteiger partial charge in [-0.1, -0.05) is 19.9 Å². The van der Waals surface area contributed by atoms with Gasteiger partial charge < -0.3 is 10.1 Å². The van der Waals surface area contributed by atoms with E-state index in [0.717, 1.165) is 16.9 Å². The molecule has 0 saturated heterocycles. The van der Waals surface area contributed by atoms with Crippen LogP contribution in [0.2, 0.25) is 0 Å². The summed E-state index contributed by atoms with van der Waals surface area (Å²) in [7, 11) is 0. The molecule has 1 N–H and O–H groups in total. The number of esters is 1. The summed E-state index contributed by atoms with van der Waals surface area (Å²) in [5.41, 5.74) is 2.76. The van der Waals surface area contributed by atoms with Crippen molar-refractivity contribution in [3.8, 4) is 0 Å². The first-order valence-corrected chi connectivity index (χ1v) is 7.90. The van der Waals surface area contributed by atoms with Crippen LogP contribution in [-0.4, -0.2) is 30.6 Å². The van der Waals surface area contributed by atoms with Crippen LogP contribution in [0.5, 0.6) is 0 Å². The van der Waals surface area contributed by atoms with Gasteiger partial charge in [-0.2, -0.15) is 0 Å². The van der Waals surface area contributed by atoms with Crippen molar-refractivity contribution >= 4 is 23.3 Å². The van der Waals surface area contributed by atoms with E-state index in [4.69, 9.17) is 4.74 Å². The topological polar surface area (TPSA) is 58.6 Å². The molecule has 5 nitrogen and oxygen atoms in total. The summed E-state index contributed by atoms with van der Waals surface area (Å²) in [4.78, 5) is 26.6. The molecule has 0 saturated carbocycles. The van der Waals surface area contributed by atoms with Gasteiger partial charge >= 0.3 is 5.97 Å². The number of benzene rings is 1. The summed E-state index contributed by atoms with van der Waals surface area (Å²) >= 11 is 0. The Hall–Kier alpha value is -2.04. The third-order valence-electron chi connectivity index (χ3n) is 3.94. The minimum Gasteiger partial charge on any atom is -0.464 e. The third-order valence-corrected chi connectivity index (χ3v) is 3.94. The Bertz CT molecular complexity index is 571. The molecule has 2 rings (SSSR count). The van der Waals surface area contributed by atoms with E-state index in [1.807, 2.05) is 39.0 Å². The van der Waals surface area contributed by atoms with E-state index in [1.165, 1.54) is 0 Å². The number of nitrogens with zero attached hydrogens (tertiary/aromatic N) is 1. The number of fused-ring (bicyclic) bond motifs is 1. The number of rotatable bonds is 5. The zero-order valence-corrected chi connectivity index (χ0v) is 13.7. The van der Waals surface area contributed by atoms with Crippen molar-refractivity contribution in [3.05, 3.63) is 23.8 Å². The zero-order valence-electron chi connectivity index (χ0n) is 13.7. The Balaban J connectivity index is 2.47. The summed E-state index contributed by atoms with van der Waals surface area (Å²) in [6.45, 7) is 7.95. The van der Waals surface area contributed by atoms with Gasteiger partial charge in [0.25, 0.3) is 0 Å². The quantitative estimate of drug-likeness (QED) is 0.850. The second-order valence-corrected chi connectivity index (χ2v) is 5.51. The Morgan fingerprint density at radius 3 is 2.68 bits per heavy atom.